The first-order valence-corrected chi connectivity index (χ1v) is 15.2. The lowest BCUT2D eigenvalue weighted by atomic mass is 10.2. The number of hydrazone groups is 2. The molecule has 0 radical (unpaired) electrons. The second-order valence-corrected chi connectivity index (χ2v) is 11.2. The van der Waals surface area contributed by atoms with Crippen molar-refractivity contribution in [3.63, 3.8) is 0 Å². The molecule has 240 valence electrons. The van der Waals surface area contributed by atoms with Gasteiger partial charge in [-0.1, -0.05) is 31.9 Å². The fourth-order valence-corrected chi connectivity index (χ4v) is 4.30. The van der Waals surface area contributed by atoms with Crippen molar-refractivity contribution in [1.29, 1.82) is 0 Å². The van der Waals surface area contributed by atoms with Crippen LogP contribution in [0.3, 0.4) is 0 Å². The van der Waals surface area contributed by atoms with Gasteiger partial charge >= 0.3 is 11.9 Å². The molecule has 0 unspecified atom stereocenters. The van der Waals surface area contributed by atoms with Gasteiger partial charge in [-0.15, -0.1) is 0 Å². The van der Waals surface area contributed by atoms with E-state index in [1.54, 1.807) is 72.8 Å². The van der Waals surface area contributed by atoms with Crippen molar-refractivity contribution in [2.75, 3.05) is 14.2 Å². The molecule has 0 spiro atoms. The van der Waals surface area contributed by atoms with E-state index in [9.17, 15) is 19.2 Å². The summed E-state index contributed by atoms with van der Waals surface area (Å²) >= 11 is 6.63. The highest BCUT2D eigenvalue weighted by molar-refractivity contribution is 9.10. The van der Waals surface area contributed by atoms with Crippen LogP contribution >= 0.6 is 31.9 Å². The minimum absolute atomic E-state index is 0.202. The Morgan fingerprint density at radius 1 is 0.596 bits per heavy atom. The topological polar surface area (TPSA) is 154 Å². The van der Waals surface area contributed by atoms with Gasteiger partial charge in [0.2, 0.25) is 11.8 Å². The second-order valence-electron chi connectivity index (χ2n) is 9.38. The minimum atomic E-state index is -0.681. The van der Waals surface area contributed by atoms with E-state index in [1.165, 1.54) is 38.8 Å². The number of nitrogens with one attached hydrogen (secondary N) is 2. The Balaban J connectivity index is 1.25. The van der Waals surface area contributed by atoms with Gasteiger partial charge in [0.25, 0.3) is 0 Å². The standard InChI is InChI=1S/C33H26Br2N4O8/c1-44-28-15-20(3-13-26(28)46-32(42)22-5-9-24(34)10-6-22)18-36-38-30(40)17-31(41)39-37-19-21-4-14-27(29(16-21)45-2)47-33(43)23-7-11-25(35)12-8-23/h3-16,18-19H,17H2,1-2H3,(H,38,40)(H,39,41). The quantitative estimate of drug-likeness (QED) is 0.0617. The number of halogens is 2. The molecule has 0 fully saturated rings. The van der Waals surface area contributed by atoms with E-state index in [0.29, 0.717) is 22.3 Å². The van der Waals surface area contributed by atoms with Gasteiger partial charge in [0.15, 0.2) is 23.0 Å². The van der Waals surface area contributed by atoms with E-state index in [-0.39, 0.29) is 23.0 Å². The third-order valence-electron chi connectivity index (χ3n) is 6.07. The summed E-state index contributed by atoms with van der Waals surface area (Å²) in [5.41, 5.74) is 6.31. The Morgan fingerprint density at radius 3 is 1.34 bits per heavy atom. The van der Waals surface area contributed by atoms with Gasteiger partial charge < -0.3 is 18.9 Å². The van der Waals surface area contributed by atoms with E-state index in [1.807, 2.05) is 0 Å². The molecule has 2 amide bonds. The number of nitrogens with zero attached hydrogens (tertiary/aromatic N) is 2. The number of rotatable bonds is 12. The second kappa shape index (κ2) is 16.8. The van der Waals surface area contributed by atoms with Crippen LogP contribution in [-0.4, -0.2) is 50.4 Å². The van der Waals surface area contributed by atoms with E-state index >= 15 is 0 Å². The highest BCUT2D eigenvalue weighted by Crippen LogP contribution is 2.29. The zero-order valence-electron chi connectivity index (χ0n) is 24.9. The number of esters is 2. The monoisotopic (exact) mass is 764 g/mol. The number of methoxy groups -OCH3 is 2. The van der Waals surface area contributed by atoms with E-state index < -0.39 is 30.2 Å². The Hall–Kier alpha value is -5.34. The van der Waals surface area contributed by atoms with E-state index in [4.69, 9.17) is 18.9 Å². The molecule has 0 heterocycles. The maximum Gasteiger partial charge on any atom is 0.343 e. The Labute approximate surface area is 286 Å². The van der Waals surface area contributed by atoms with Gasteiger partial charge in [0.1, 0.15) is 6.42 Å². The molecule has 0 atom stereocenters. The van der Waals surface area contributed by atoms with Crippen LogP contribution < -0.4 is 29.8 Å². The molecule has 0 aliphatic heterocycles. The van der Waals surface area contributed by atoms with Gasteiger partial charge in [-0.05, 0) is 96.1 Å². The van der Waals surface area contributed by atoms with E-state index in [0.717, 1.165) is 8.95 Å². The zero-order valence-corrected chi connectivity index (χ0v) is 28.0. The summed E-state index contributed by atoms with van der Waals surface area (Å²) in [7, 11) is 2.84. The third kappa shape index (κ3) is 10.3. The van der Waals surface area contributed by atoms with Crippen LogP contribution in [0, 0.1) is 0 Å². The van der Waals surface area contributed by atoms with Gasteiger partial charge in [-0.3, -0.25) is 9.59 Å². The van der Waals surface area contributed by atoms with Gasteiger partial charge in [0, 0.05) is 8.95 Å². The fraction of sp³-hybridized carbons (Fsp3) is 0.0909. The predicted octanol–water partition coefficient (Wildman–Crippen LogP) is 5.66. The SMILES string of the molecule is COc1cc(C=NNC(=O)CC(=O)NN=Cc2ccc(OC(=O)c3ccc(Br)cc3)c(OC)c2)ccc1OC(=O)c1ccc(Br)cc1. The number of hydrogen-bond donors (Lipinski definition) is 2. The maximum atomic E-state index is 12.4. The average Bonchev–Trinajstić information content (AvgIpc) is 3.06. The summed E-state index contributed by atoms with van der Waals surface area (Å²) < 4.78 is 23.2. The predicted molar refractivity (Wildman–Crippen MR) is 180 cm³/mol. The zero-order chi connectivity index (χ0) is 33.8. The highest BCUT2D eigenvalue weighted by atomic mass is 79.9. The lowest BCUT2D eigenvalue weighted by molar-refractivity contribution is -0.129. The molecule has 14 heteroatoms. The first-order chi connectivity index (χ1) is 22.6. The van der Waals surface area contributed by atoms with Crippen molar-refractivity contribution in [1.82, 2.24) is 10.9 Å². The molecule has 0 bridgehead atoms. The molecule has 4 rings (SSSR count). The number of carbonyl (C=O) groups is 4. The maximum absolute atomic E-state index is 12.4. The van der Waals surface area contributed by atoms with Gasteiger partial charge in [0.05, 0.1) is 37.8 Å². The Bertz CT molecular complexity index is 1690. The van der Waals surface area contributed by atoms with Crippen molar-refractivity contribution >= 4 is 68.0 Å². The van der Waals surface area contributed by atoms with Crippen LogP contribution in [0.15, 0.2) is 104 Å². The Kier molecular flexibility index (Phi) is 12.4. The largest absolute Gasteiger partial charge is 0.493 e. The third-order valence-corrected chi connectivity index (χ3v) is 7.12. The molecule has 0 saturated carbocycles. The molecule has 0 aliphatic carbocycles. The summed E-state index contributed by atoms with van der Waals surface area (Å²) in [4.78, 5) is 49.2. The van der Waals surface area contributed by atoms with Crippen LogP contribution in [0.25, 0.3) is 0 Å². The summed E-state index contributed by atoms with van der Waals surface area (Å²) in [6.45, 7) is 0. The number of carbonyl (C=O) groups excluding carboxylic acids is 4. The molecule has 4 aromatic rings. The van der Waals surface area contributed by atoms with Crippen molar-refractivity contribution in [2.24, 2.45) is 10.2 Å². The van der Waals surface area contributed by atoms with Crippen LogP contribution in [0.4, 0.5) is 0 Å². The average molecular weight is 766 g/mol. The first kappa shape index (κ1) is 34.5. The Morgan fingerprint density at radius 2 is 0.979 bits per heavy atom. The van der Waals surface area contributed by atoms with Gasteiger partial charge in [-0.25, -0.2) is 20.4 Å². The van der Waals surface area contributed by atoms with Crippen molar-refractivity contribution in [3.05, 3.63) is 116 Å². The number of benzene rings is 4. The van der Waals surface area contributed by atoms with E-state index in [2.05, 4.69) is 52.9 Å². The smallest absolute Gasteiger partial charge is 0.343 e. The number of ether oxygens (including phenoxy) is 4. The summed E-state index contributed by atoms with van der Waals surface area (Å²) in [5, 5.41) is 7.71. The highest BCUT2D eigenvalue weighted by Gasteiger charge is 2.15. The molecule has 4 aromatic carbocycles. The van der Waals surface area contributed by atoms with Gasteiger partial charge in [-0.2, -0.15) is 10.2 Å². The molecular weight excluding hydrogens is 740 g/mol. The van der Waals surface area contributed by atoms with Crippen LogP contribution in [0.5, 0.6) is 23.0 Å². The summed E-state index contributed by atoms with van der Waals surface area (Å²) in [5.74, 6) is -1.52. The molecule has 47 heavy (non-hydrogen) atoms. The van der Waals surface area contributed by atoms with Crippen LogP contribution in [0.1, 0.15) is 38.3 Å². The minimum Gasteiger partial charge on any atom is -0.493 e. The molecule has 12 nitrogen and oxygen atoms in total. The number of amides is 2. The van der Waals surface area contributed by atoms with Crippen molar-refractivity contribution in [3.8, 4) is 23.0 Å². The van der Waals surface area contributed by atoms with Crippen molar-refractivity contribution < 1.29 is 38.1 Å². The van der Waals surface area contributed by atoms with Crippen LogP contribution in [-0.2, 0) is 9.59 Å². The lowest BCUT2D eigenvalue weighted by Gasteiger charge is -2.10. The summed E-state index contributed by atoms with van der Waals surface area (Å²) in [6, 6.07) is 22.8. The molecule has 0 saturated heterocycles. The normalized spacial score (nSPS) is 10.8. The molecular formula is C33H26Br2N4O8. The number of hydrogen-bond acceptors (Lipinski definition) is 10. The molecule has 2 N–H and O–H groups in total. The summed E-state index contributed by atoms with van der Waals surface area (Å²) in [6.07, 6.45) is 2.13. The molecule has 0 aromatic heterocycles. The lowest BCUT2D eigenvalue weighted by Crippen LogP contribution is -2.27. The fourth-order valence-electron chi connectivity index (χ4n) is 3.77. The van der Waals surface area contributed by atoms with Crippen molar-refractivity contribution in [2.45, 2.75) is 6.42 Å². The van der Waals surface area contributed by atoms with Crippen LogP contribution in [0.2, 0.25) is 0 Å². The molecule has 0 aliphatic rings. The first-order valence-electron chi connectivity index (χ1n) is 13.6.